The van der Waals surface area contributed by atoms with Gasteiger partial charge >= 0.3 is 6.09 Å². The second-order valence-corrected chi connectivity index (χ2v) is 10.6. The van der Waals surface area contributed by atoms with Crippen LogP contribution in [-0.4, -0.2) is 76.6 Å². The number of carbonyl (C=O) groups excluding carboxylic acids is 4. The first kappa shape index (κ1) is 29.4. The molecular formula is C20H28N6O10S. The van der Waals surface area contributed by atoms with Gasteiger partial charge in [-0.05, 0) is 45.7 Å². The van der Waals surface area contributed by atoms with Crippen LogP contribution in [0, 0.1) is 10.1 Å². The summed E-state index contributed by atoms with van der Waals surface area (Å²) in [7, 11) is -4.53. The Bertz CT molecular complexity index is 1200. The molecule has 6 N–H and O–H groups in total. The first-order valence-corrected chi connectivity index (χ1v) is 12.5. The third kappa shape index (κ3) is 8.65. The number of ether oxygens (including phenoxy) is 1. The van der Waals surface area contributed by atoms with Gasteiger partial charge in [-0.15, -0.1) is 0 Å². The van der Waals surface area contributed by atoms with Crippen LogP contribution < -0.4 is 21.9 Å². The van der Waals surface area contributed by atoms with Gasteiger partial charge in [0.15, 0.2) is 0 Å². The number of rotatable bonds is 7. The molecule has 1 aliphatic heterocycles. The fourth-order valence-corrected chi connectivity index (χ4v) is 4.07. The number of hydrogen-bond donors (Lipinski definition) is 5. The second-order valence-electron chi connectivity index (χ2n) is 9.10. The molecule has 0 aliphatic carbocycles. The molecule has 17 heteroatoms. The van der Waals surface area contributed by atoms with Gasteiger partial charge in [0.25, 0.3) is 21.7 Å². The minimum Gasteiger partial charge on any atom is -0.443 e. The number of nitrogens with zero attached hydrogens (tertiary/aromatic N) is 2. The summed E-state index contributed by atoms with van der Waals surface area (Å²) in [6.07, 6.45) is -0.360. The number of carbonyl (C=O) groups is 4. The van der Waals surface area contributed by atoms with Gasteiger partial charge in [-0.2, -0.15) is 8.42 Å². The van der Waals surface area contributed by atoms with Crippen LogP contribution in [0.2, 0.25) is 0 Å². The van der Waals surface area contributed by atoms with Gasteiger partial charge in [0.1, 0.15) is 23.2 Å². The van der Waals surface area contributed by atoms with E-state index in [4.69, 9.17) is 15.0 Å². The lowest BCUT2D eigenvalue weighted by Gasteiger charge is -2.26. The molecule has 0 saturated carbocycles. The lowest BCUT2D eigenvalue weighted by Crippen LogP contribution is -2.51. The van der Waals surface area contributed by atoms with Crippen molar-refractivity contribution in [1.29, 1.82) is 0 Å². The lowest BCUT2D eigenvalue weighted by atomic mass is 10.1. The maximum atomic E-state index is 12.8. The number of nitro groups is 1. The highest BCUT2D eigenvalue weighted by Gasteiger charge is 2.37. The Hall–Kier alpha value is -3.83. The van der Waals surface area contributed by atoms with E-state index in [1.54, 1.807) is 20.8 Å². The Labute approximate surface area is 211 Å². The molecule has 0 unspecified atom stereocenters. The van der Waals surface area contributed by atoms with Crippen molar-refractivity contribution >= 4 is 45.3 Å². The Morgan fingerprint density at radius 1 is 1.27 bits per heavy atom. The molecule has 1 fully saturated rings. The lowest BCUT2D eigenvalue weighted by molar-refractivity contribution is -0.385. The molecule has 204 valence electrons. The maximum Gasteiger partial charge on any atom is 0.426 e. The zero-order valence-electron chi connectivity index (χ0n) is 20.2. The summed E-state index contributed by atoms with van der Waals surface area (Å²) in [5.74, 6) is -3.61. The molecule has 0 spiro atoms. The highest BCUT2D eigenvalue weighted by molar-refractivity contribution is 7.85. The fourth-order valence-electron chi connectivity index (χ4n) is 3.47. The predicted octanol–water partition coefficient (Wildman–Crippen LogP) is -0.0911. The molecule has 1 aliphatic rings. The molecule has 2 atom stereocenters. The molecule has 1 saturated heterocycles. The number of nitrogens with two attached hydrogens (primary N) is 1. The van der Waals surface area contributed by atoms with Crippen molar-refractivity contribution in [3.05, 3.63) is 33.9 Å². The van der Waals surface area contributed by atoms with Crippen molar-refractivity contribution in [3.8, 4) is 0 Å². The van der Waals surface area contributed by atoms with Crippen molar-refractivity contribution < 1.29 is 41.8 Å². The molecular weight excluding hydrogens is 516 g/mol. The summed E-state index contributed by atoms with van der Waals surface area (Å²) in [5.41, 5.74) is 7.51. The van der Waals surface area contributed by atoms with E-state index in [0.29, 0.717) is 6.42 Å². The topological polar surface area (TPSA) is 240 Å². The van der Waals surface area contributed by atoms with Gasteiger partial charge in [-0.3, -0.25) is 34.5 Å². The number of anilines is 1. The highest BCUT2D eigenvalue weighted by Crippen LogP contribution is 2.25. The van der Waals surface area contributed by atoms with Crippen molar-refractivity contribution in [3.63, 3.8) is 0 Å². The average molecular weight is 545 g/mol. The zero-order valence-corrected chi connectivity index (χ0v) is 21.0. The number of benzene rings is 1. The maximum absolute atomic E-state index is 12.8. The van der Waals surface area contributed by atoms with Gasteiger partial charge in [-0.25, -0.2) is 10.2 Å². The van der Waals surface area contributed by atoms with E-state index in [1.807, 2.05) is 10.9 Å². The molecule has 1 aromatic carbocycles. The third-order valence-electron chi connectivity index (χ3n) is 4.93. The van der Waals surface area contributed by atoms with Crippen LogP contribution >= 0.6 is 0 Å². The molecule has 16 nitrogen and oxygen atoms in total. The molecule has 0 aromatic heterocycles. The summed E-state index contributed by atoms with van der Waals surface area (Å²) < 4.78 is 35.9. The predicted molar refractivity (Wildman–Crippen MR) is 128 cm³/mol. The monoisotopic (exact) mass is 544 g/mol. The summed E-state index contributed by atoms with van der Waals surface area (Å²) in [4.78, 5) is 61.1. The van der Waals surface area contributed by atoms with E-state index in [1.165, 1.54) is 6.07 Å². The SMILES string of the molecule is CC(C)(C)OC(=O)NNC(=O)c1ccc(NC(=O)[C@@H]2CCCN2C(=O)[C@@H](N)CS(=O)(=O)O)cc1[N+](=O)[O-]. The first-order chi connectivity index (χ1) is 17.0. The van der Waals surface area contributed by atoms with Crippen molar-refractivity contribution in [2.24, 2.45) is 5.73 Å². The average Bonchev–Trinajstić information content (AvgIpc) is 3.24. The standard InChI is InChI=1S/C20H28N6O10S/c1-20(2,3)36-19(30)24-23-16(27)12-7-6-11(9-15(12)26(31)32)22-17(28)14-5-4-8-25(14)18(29)13(21)10-37(33,34)35/h6-7,9,13-14H,4-5,8,10,21H2,1-3H3,(H,22,28)(H,23,27)(H,24,30)(H,33,34,35)/t13-,14-/m0/s1. The molecule has 1 heterocycles. The number of nitrogens with one attached hydrogen (secondary N) is 3. The van der Waals surface area contributed by atoms with Gasteiger partial charge in [-0.1, -0.05) is 0 Å². The smallest absolute Gasteiger partial charge is 0.426 e. The van der Waals surface area contributed by atoms with Gasteiger partial charge in [0, 0.05) is 18.3 Å². The second kappa shape index (κ2) is 11.5. The van der Waals surface area contributed by atoms with Crippen molar-refractivity contribution in [2.45, 2.75) is 51.3 Å². The largest absolute Gasteiger partial charge is 0.443 e. The van der Waals surface area contributed by atoms with Gasteiger partial charge in [0.05, 0.1) is 10.7 Å². The van der Waals surface area contributed by atoms with Crippen LogP contribution in [0.1, 0.15) is 44.0 Å². The van der Waals surface area contributed by atoms with Crippen molar-refractivity contribution in [1.82, 2.24) is 15.8 Å². The van der Waals surface area contributed by atoms with Crippen LogP contribution in [0.4, 0.5) is 16.2 Å². The van der Waals surface area contributed by atoms with Gasteiger partial charge < -0.3 is 20.7 Å². The minimum atomic E-state index is -4.53. The molecule has 1 aromatic rings. The summed E-state index contributed by atoms with van der Waals surface area (Å²) in [6, 6.07) is 0.556. The number of nitro benzene ring substituents is 1. The highest BCUT2D eigenvalue weighted by atomic mass is 32.2. The molecule has 37 heavy (non-hydrogen) atoms. The molecule has 2 rings (SSSR count). The zero-order chi connectivity index (χ0) is 28.1. The van der Waals surface area contributed by atoms with E-state index < -0.39 is 73.5 Å². The normalized spacial score (nSPS) is 16.5. The van der Waals surface area contributed by atoms with Gasteiger partial charge in [0.2, 0.25) is 11.8 Å². The van der Waals surface area contributed by atoms with Crippen LogP contribution in [-0.2, 0) is 24.4 Å². The van der Waals surface area contributed by atoms with E-state index >= 15 is 0 Å². The fraction of sp³-hybridized carbons (Fsp3) is 0.500. The summed E-state index contributed by atoms with van der Waals surface area (Å²) in [5, 5.41) is 14.0. The Balaban J connectivity index is 2.13. The molecule has 0 bridgehead atoms. The Morgan fingerprint density at radius 2 is 1.92 bits per heavy atom. The van der Waals surface area contributed by atoms with Crippen molar-refractivity contribution in [2.75, 3.05) is 17.6 Å². The number of likely N-dealkylation sites (tertiary alicyclic amines) is 1. The van der Waals surface area contributed by atoms with Crippen LogP contribution in [0.5, 0.6) is 0 Å². The number of hydrazine groups is 1. The van der Waals surface area contributed by atoms with E-state index in [2.05, 4.69) is 5.32 Å². The minimum absolute atomic E-state index is 0.0603. The van der Waals surface area contributed by atoms with Crippen LogP contribution in [0.3, 0.4) is 0 Å². The number of amides is 4. The summed E-state index contributed by atoms with van der Waals surface area (Å²) >= 11 is 0. The molecule has 4 amide bonds. The third-order valence-corrected chi connectivity index (χ3v) is 5.71. The van der Waals surface area contributed by atoms with E-state index in [9.17, 15) is 37.7 Å². The Morgan fingerprint density at radius 3 is 2.49 bits per heavy atom. The van der Waals surface area contributed by atoms with Crippen LogP contribution in [0.25, 0.3) is 0 Å². The summed E-state index contributed by atoms with van der Waals surface area (Å²) in [6.45, 7) is 4.91. The quantitative estimate of drug-likeness (QED) is 0.172. The van der Waals surface area contributed by atoms with E-state index in [-0.39, 0.29) is 18.7 Å². The molecule has 0 radical (unpaired) electrons. The number of hydrogen-bond acceptors (Lipinski definition) is 10. The Kier molecular flexibility index (Phi) is 9.13. The first-order valence-electron chi connectivity index (χ1n) is 10.9. The van der Waals surface area contributed by atoms with E-state index in [0.717, 1.165) is 17.0 Å². The van der Waals surface area contributed by atoms with Crippen LogP contribution in [0.15, 0.2) is 18.2 Å².